The number of nitrogens with zero attached hydrogens (tertiary/aromatic N) is 2. The molecule has 1 amide bonds. The number of benzene rings is 1. The predicted octanol–water partition coefficient (Wildman–Crippen LogP) is 1.88. The molecule has 2 rings (SSSR count). The van der Waals surface area contributed by atoms with Crippen molar-refractivity contribution in [3.8, 4) is 0 Å². The van der Waals surface area contributed by atoms with Gasteiger partial charge in [0.1, 0.15) is 12.2 Å². The number of nitrogens with one attached hydrogen (secondary N) is 2. The summed E-state index contributed by atoms with van der Waals surface area (Å²) in [7, 11) is 0. The van der Waals surface area contributed by atoms with Crippen molar-refractivity contribution in [2.45, 2.75) is 17.9 Å². The first kappa shape index (κ1) is 14.4. The van der Waals surface area contributed by atoms with Crippen molar-refractivity contribution < 1.29 is 13.6 Å². The third-order valence-electron chi connectivity index (χ3n) is 2.41. The Morgan fingerprint density at radius 2 is 2.20 bits per heavy atom. The van der Waals surface area contributed by atoms with Gasteiger partial charge in [-0.05, 0) is 18.2 Å². The molecule has 106 valence electrons. The minimum Gasteiger partial charge on any atom is -0.349 e. The lowest BCUT2D eigenvalue weighted by Gasteiger charge is -2.04. The second-order valence-corrected chi connectivity index (χ2v) is 5.05. The first-order chi connectivity index (χ1) is 9.65. The molecular formula is C12H12F2N4OS. The van der Waals surface area contributed by atoms with Gasteiger partial charge in [0.05, 0.1) is 6.54 Å². The van der Waals surface area contributed by atoms with E-state index in [0.29, 0.717) is 16.5 Å². The van der Waals surface area contributed by atoms with Crippen LogP contribution in [-0.4, -0.2) is 26.8 Å². The van der Waals surface area contributed by atoms with Crippen LogP contribution >= 0.6 is 11.8 Å². The summed E-state index contributed by atoms with van der Waals surface area (Å²) in [5, 5.41) is 8.96. The van der Waals surface area contributed by atoms with E-state index in [0.717, 1.165) is 12.1 Å². The smallest absolute Gasteiger partial charge is 0.221 e. The van der Waals surface area contributed by atoms with Crippen LogP contribution in [0.1, 0.15) is 12.2 Å². The highest BCUT2D eigenvalue weighted by Crippen LogP contribution is 2.20. The summed E-state index contributed by atoms with van der Waals surface area (Å²) in [5.74, 6) is -0.847. The standard InChI is InChI=1S/C12H12F2N4OS/c13-9-2-1-8(5-10(9)14)20-4-3-12(19)15-6-11-16-7-17-18-11/h1-2,5,7H,3-4,6H2,(H,15,19)(H,16,17,18). The number of aromatic amines is 1. The molecule has 2 aromatic rings. The van der Waals surface area contributed by atoms with Crippen molar-refractivity contribution in [1.82, 2.24) is 20.5 Å². The van der Waals surface area contributed by atoms with Gasteiger partial charge >= 0.3 is 0 Å². The van der Waals surface area contributed by atoms with E-state index in [1.165, 1.54) is 24.2 Å². The molecule has 0 radical (unpaired) electrons. The van der Waals surface area contributed by atoms with Crippen LogP contribution < -0.4 is 5.32 Å². The summed E-state index contributed by atoms with van der Waals surface area (Å²) >= 11 is 1.29. The van der Waals surface area contributed by atoms with E-state index in [4.69, 9.17) is 0 Å². The lowest BCUT2D eigenvalue weighted by molar-refractivity contribution is -0.120. The largest absolute Gasteiger partial charge is 0.349 e. The highest BCUT2D eigenvalue weighted by atomic mass is 32.2. The average molecular weight is 298 g/mol. The van der Waals surface area contributed by atoms with E-state index in [2.05, 4.69) is 20.5 Å². The summed E-state index contributed by atoms with van der Waals surface area (Å²) < 4.78 is 25.7. The number of rotatable bonds is 6. The first-order valence-electron chi connectivity index (χ1n) is 5.84. The number of hydrogen-bond acceptors (Lipinski definition) is 4. The summed E-state index contributed by atoms with van der Waals surface area (Å²) in [4.78, 5) is 16.0. The fourth-order valence-electron chi connectivity index (χ4n) is 1.41. The molecule has 2 N–H and O–H groups in total. The number of amides is 1. The van der Waals surface area contributed by atoms with Crippen LogP contribution in [0.5, 0.6) is 0 Å². The van der Waals surface area contributed by atoms with Gasteiger partial charge in [-0.1, -0.05) is 0 Å². The van der Waals surface area contributed by atoms with Crippen LogP contribution in [0.2, 0.25) is 0 Å². The molecule has 20 heavy (non-hydrogen) atoms. The first-order valence-corrected chi connectivity index (χ1v) is 6.82. The number of H-pyrrole nitrogens is 1. The molecule has 0 aliphatic carbocycles. The van der Waals surface area contributed by atoms with Gasteiger partial charge in [0.25, 0.3) is 0 Å². The molecule has 0 saturated heterocycles. The van der Waals surface area contributed by atoms with Crippen LogP contribution in [0.4, 0.5) is 8.78 Å². The van der Waals surface area contributed by atoms with Crippen molar-refractivity contribution in [1.29, 1.82) is 0 Å². The maximum absolute atomic E-state index is 13.0. The number of carbonyl (C=O) groups excluding carboxylic acids is 1. The fraction of sp³-hybridized carbons (Fsp3) is 0.250. The van der Waals surface area contributed by atoms with Crippen LogP contribution in [-0.2, 0) is 11.3 Å². The van der Waals surface area contributed by atoms with Gasteiger partial charge in [0.15, 0.2) is 11.6 Å². The number of thioether (sulfide) groups is 1. The van der Waals surface area contributed by atoms with E-state index in [1.807, 2.05) is 0 Å². The SMILES string of the molecule is O=C(CCSc1ccc(F)c(F)c1)NCc1ncn[nH]1. The molecule has 1 heterocycles. The van der Waals surface area contributed by atoms with Crippen molar-refractivity contribution in [3.63, 3.8) is 0 Å². The maximum Gasteiger partial charge on any atom is 0.221 e. The van der Waals surface area contributed by atoms with E-state index in [9.17, 15) is 13.6 Å². The lowest BCUT2D eigenvalue weighted by atomic mass is 10.3. The van der Waals surface area contributed by atoms with Crippen LogP contribution in [0.15, 0.2) is 29.4 Å². The zero-order valence-corrected chi connectivity index (χ0v) is 11.2. The van der Waals surface area contributed by atoms with Gasteiger partial charge in [-0.25, -0.2) is 13.8 Å². The van der Waals surface area contributed by atoms with Crippen LogP contribution in [0.3, 0.4) is 0 Å². The number of aromatic nitrogens is 3. The van der Waals surface area contributed by atoms with E-state index >= 15 is 0 Å². The molecule has 0 unspecified atom stereocenters. The monoisotopic (exact) mass is 298 g/mol. The van der Waals surface area contributed by atoms with Crippen molar-refractivity contribution in [2.24, 2.45) is 0 Å². The third kappa shape index (κ3) is 4.30. The van der Waals surface area contributed by atoms with Crippen molar-refractivity contribution >= 4 is 17.7 Å². The molecule has 5 nitrogen and oxygen atoms in total. The van der Waals surface area contributed by atoms with Crippen molar-refractivity contribution in [3.05, 3.63) is 42.0 Å². The second kappa shape index (κ2) is 6.99. The molecule has 0 fully saturated rings. The third-order valence-corrected chi connectivity index (χ3v) is 3.40. The highest BCUT2D eigenvalue weighted by molar-refractivity contribution is 7.99. The Labute approximate surface area is 118 Å². The molecule has 0 aliphatic rings. The summed E-state index contributed by atoms with van der Waals surface area (Å²) in [5.41, 5.74) is 0. The minimum atomic E-state index is -0.884. The second-order valence-electron chi connectivity index (χ2n) is 3.88. The van der Waals surface area contributed by atoms with E-state index in [1.54, 1.807) is 0 Å². The van der Waals surface area contributed by atoms with Crippen molar-refractivity contribution in [2.75, 3.05) is 5.75 Å². The lowest BCUT2D eigenvalue weighted by Crippen LogP contribution is -2.23. The quantitative estimate of drug-likeness (QED) is 0.799. The Balaban J connectivity index is 1.69. The number of carbonyl (C=O) groups is 1. The zero-order chi connectivity index (χ0) is 14.4. The molecule has 1 aromatic heterocycles. The molecule has 1 aromatic carbocycles. The molecule has 0 atom stereocenters. The summed E-state index contributed by atoms with van der Waals surface area (Å²) in [6, 6.07) is 3.67. The van der Waals surface area contributed by atoms with E-state index < -0.39 is 11.6 Å². The molecule has 0 spiro atoms. The fourth-order valence-corrected chi connectivity index (χ4v) is 2.29. The zero-order valence-electron chi connectivity index (χ0n) is 10.4. The summed E-state index contributed by atoms with van der Waals surface area (Å²) in [6.07, 6.45) is 1.64. The topological polar surface area (TPSA) is 70.7 Å². The van der Waals surface area contributed by atoms with Gasteiger partial charge in [-0.2, -0.15) is 5.10 Å². The van der Waals surface area contributed by atoms with Gasteiger partial charge in [-0.3, -0.25) is 9.89 Å². The Hall–Kier alpha value is -1.96. The molecule has 0 saturated carbocycles. The van der Waals surface area contributed by atoms with Gasteiger partial charge in [0, 0.05) is 17.1 Å². The average Bonchev–Trinajstić information content (AvgIpc) is 2.94. The maximum atomic E-state index is 13.0. The molecular weight excluding hydrogens is 286 g/mol. The predicted molar refractivity (Wildman–Crippen MR) is 69.9 cm³/mol. The molecule has 8 heteroatoms. The van der Waals surface area contributed by atoms with Gasteiger partial charge in [0.2, 0.25) is 5.91 Å². The van der Waals surface area contributed by atoms with Gasteiger partial charge < -0.3 is 5.32 Å². The Morgan fingerprint density at radius 3 is 2.90 bits per heavy atom. The Bertz CT molecular complexity index is 577. The highest BCUT2D eigenvalue weighted by Gasteiger charge is 2.05. The minimum absolute atomic E-state index is 0.142. The van der Waals surface area contributed by atoms with Crippen LogP contribution in [0.25, 0.3) is 0 Å². The summed E-state index contributed by atoms with van der Waals surface area (Å²) in [6.45, 7) is 0.286. The van der Waals surface area contributed by atoms with E-state index in [-0.39, 0.29) is 18.9 Å². The number of hydrogen-bond donors (Lipinski definition) is 2. The number of halogens is 2. The normalized spacial score (nSPS) is 10.5. The Kier molecular flexibility index (Phi) is 5.05. The Morgan fingerprint density at radius 1 is 1.35 bits per heavy atom. The molecule has 0 bridgehead atoms. The molecule has 0 aliphatic heterocycles. The van der Waals surface area contributed by atoms with Gasteiger partial charge in [-0.15, -0.1) is 11.8 Å². The van der Waals surface area contributed by atoms with Crippen LogP contribution in [0, 0.1) is 11.6 Å².